The van der Waals surface area contributed by atoms with Crippen molar-refractivity contribution in [2.45, 2.75) is 26.4 Å². The van der Waals surface area contributed by atoms with Crippen LogP contribution in [0.25, 0.3) is 11.0 Å². The molecule has 1 heterocycles. The molecule has 3 nitrogen and oxygen atoms in total. The molecule has 1 aromatic heterocycles. The van der Waals surface area contributed by atoms with Gasteiger partial charge in [0.05, 0.1) is 17.6 Å². The molecule has 1 N–H and O–H groups in total. The number of aromatic amines is 1. The summed E-state index contributed by atoms with van der Waals surface area (Å²) in [5.74, 6) is 0.641. The maximum atomic E-state index is 11.9. The molecule has 0 amide bonds. The molecule has 2 aromatic rings. The summed E-state index contributed by atoms with van der Waals surface area (Å²) in [5, 5.41) is 0. The van der Waals surface area contributed by atoms with Gasteiger partial charge in [-0.3, -0.25) is 0 Å². The van der Waals surface area contributed by atoms with Crippen molar-refractivity contribution < 1.29 is 17.9 Å². The minimum atomic E-state index is -4.28. The fourth-order valence-corrected chi connectivity index (χ4v) is 1.80. The molecule has 0 spiro atoms. The second kappa shape index (κ2) is 5.21. The lowest BCUT2D eigenvalue weighted by Gasteiger charge is -2.06. The average molecular weight is 272 g/mol. The molecule has 104 valence electrons. The number of ether oxygens (including phenoxy) is 1. The van der Waals surface area contributed by atoms with E-state index in [1.54, 1.807) is 0 Å². The SMILES string of the molecule is Cc1cc2nc(CCOCC(F)(F)F)[nH]c2cc1C. The van der Waals surface area contributed by atoms with Crippen LogP contribution in [0.15, 0.2) is 12.1 Å². The highest BCUT2D eigenvalue weighted by Crippen LogP contribution is 2.18. The van der Waals surface area contributed by atoms with Crippen LogP contribution < -0.4 is 0 Å². The smallest absolute Gasteiger partial charge is 0.372 e. The number of imidazole rings is 1. The van der Waals surface area contributed by atoms with E-state index in [9.17, 15) is 13.2 Å². The van der Waals surface area contributed by atoms with Crippen molar-refractivity contribution in [1.82, 2.24) is 9.97 Å². The van der Waals surface area contributed by atoms with Gasteiger partial charge in [-0.1, -0.05) is 0 Å². The van der Waals surface area contributed by atoms with Gasteiger partial charge in [-0.2, -0.15) is 13.2 Å². The van der Waals surface area contributed by atoms with Crippen LogP contribution in [-0.4, -0.2) is 29.4 Å². The molecule has 0 saturated heterocycles. The Morgan fingerprint density at radius 3 is 2.58 bits per heavy atom. The van der Waals surface area contributed by atoms with Gasteiger partial charge in [0, 0.05) is 6.42 Å². The summed E-state index contributed by atoms with van der Waals surface area (Å²) < 4.78 is 40.2. The van der Waals surface area contributed by atoms with E-state index >= 15 is 0 Å². The number of fused-ring (bicyclic) bond motifs is 1. The van der Waals surface area contributed by atoms with Crippen LogP contribution in [0.4, 0.5) is 13.2 Å². The first-order valence-corrected chi connectivity index (χ1v) is 5.95. The Morgan fingerprint density at radius 1 is 1.21 bits per heavy atom. The Labute approximate surface area is 108 Å². The molecule has 0 bridgehead atoms. The van der Waals surface area contributed by atoms with Crippen LogP contribution >= 0.6 is 0 Å². The number of hydrogen-bond acceptors (Lipinski definition) is 2. The zero-order valence-electron chi connectivity index (χ0n) is 10.8. The maximum absolute atomic E-state index is 11.9. The molecule has 0 aliphatic heterocycles. The summed E-state index contributed by atoms with van der Waals surface area (Å²) in [4.78, 5) is 7.42. The first-order valence-electron chi connectivity index (χ1n) is 5.95. The maximum Gasteiger partial charge on any atom is 0.411 e. The van der Waals surface area contributed by atoms with Crippen molar-refractivity contribution in [1.29, 1.82) is 0 Å². The van der Waals surface area contributed by atoms with E-state index in [0.717, 1.165) is 22.2 Å². The molecular formula is C13H15F3N2O. The Bertz CT molecular complexity index is 536. The third-order valence-electron chi connectivity index (χ3n) is 2.90. The van der Waals surface area contributed by atoms with Crippen LogP contribution in [0.2, 0.25) is 0 Å². The van der Waals surface area contributed by atoms with Gasteiger partial charge in [0.25, 0.3) is 0 Å². The van der Waals surface area contributed by atoms with E-state index in [-0.39, 0.29) is 6.61 Å². The molecule has 0 saturated carbocycles. The predicted molar refractivity (Wildman–Crippen MR) is 66.1 cm³/mol. The Balaban J connectivity index is 1.98. The van der Waals surface area contributed by atoms with Crippen molar-refractivity contribution in [3.8, 4) is 0 Å². The van der Waals surface area contributed by atoms with Crippen molar-refractivity contribution >= 4 is 11.0 Å². The molecule has 2 rings (SSSR count). The fourth-order valence-electron chi connectivity index (χ4n) is 1.80. The minimum Gasteiger partial charge on any atom is -0.372 e. The van der Waals surface area contributed by atoms with Crippen LogP contribution in [0.1, 0.15) is 17.0 Å². The molecule has 0 aliphatic rings. The fraction of sp³-hybridized carbons (Fsp3) is 0.462. The normalized spacial score (nSPS) is 12.3. The van der Waals surface area contributed by atoms with Gasteiger partial charge in [-0.05, 0) is 37.1 Å². The largest absolute Gasteiger partial charge is 0.411 e. The highest BCUT2D eigenvalue weighted by atomic mass is 19.4. The number of nitrogens with zero attached hydrogens (tertiary/aromatic N) is 1. The molecule has 0 unspecified atom stereocenters. The first kappa shape index (κ1) is 13.9. The summed E-state index contributed by atoms with van der Waals surface area (Å²) in [5.41, 5.74) is 4.01. The predicted octanol–water partition coefficient (Wildman–Crippen LogP) is 3.30. The summed E-state index contributed by atoms with van der Waals surface area (Å²) in [6.45, 7) is 2.78. The topological polar surface area (TPSA) is 37.9 Å². The van der Waals surface area contributed by atoms with Crippen molar-refractivity contribution in [2.24, 2.45) is 0 Å². The van der Waals surface area contributed by atoms with Gasteiger partial charge in [0.2, 0.25) is 0 Å². The van der Waals surface area contributed by atoms with Crippen molar-refractivity contribution in [2.75, 3.05) is 13.2 Å². The van der Waals surface area contributed by atoms with E-state index < -0.39 is 12.8 Å². The summed E-state index contributed by atoms with van der Waals surface area (Å²) in [6, 6.07) is 3.94. The molecule has 19 heavy (non-hydrogen) atoms. The van der Waals surface area contributed by atoms with Gasteiger partial charge in [-0.25, -0.2) is 4.98 Å². The zero-order valence-corrected chi connectivity index (χ0v) is 10.8. The monoisotopic (exact) mass is 272 g/mol. The van der Waals surface area contributed by atoms with Gasteiger partial charge >= 0.3 is 6.18 Å². The molecule has 0 fully saturated rings. The van der Waals surface area contributed by atoms with Crippen molar-refractivity contribution in [3.63, 3.8) is 0 Å². The lowest BCUT2D eigenvalue weighted by Crippen LogP contribution is -2.18. The third kappa shape index (κ3) is 3.70. The number of H-pyrrole nitrogens is 1. The molecule has 6 heteroatoms. The number of halogens is 3. The second-order valence-electron chi connectivity index (χ2n) is 4.55. The lowest BCUT2D eigenvalue weighted by atomic mass is 10.1. The van der Waals surface area contributed by atoms with E-state index in [4.69, 9.17) is 0 Å². The standard InChI is InChI=1S/C13H15F3N2O/c1-8-5-10-11(6-9(8)2)18-12(17-10)3-4-19-7-13(14,15)16/h5-6H,3-4,7H2,1-2H3,(H,17,18). The highest BCUT2D eigenvalue weighted by molar-refractivity contribution is 5.77. The van der Waals surface area contributed by atoms with E-state index in [1.165, 1.54) is 0 Å². The van der Waals surface area contributed by atoms with Crippen LogP contribution in [0.3, 0.4) is 0 Å². The molecule has 0 aliphatic carbocycles. The van der Waals surface area contributed by atoms with Crippen LogP contribution in [0, 0.1) is 13.8 Å². The number of hydrogen-bond donors (Lipinski definition) is 1. The van der Waals surface area contributed by atoms with E-state index in [1.807, 2.05) is 26.0 Å². The zero-order chi connectivity index (χ0) is 14.0. The van der Waals surface area contributed by atoms with Gasteiger partial charge in [-0.15, -0.1) is 0 Å². The van der Waals surface area contributed by atoms with E-state index in [2.05, 4.69) is 14.7 Å². The molecule has 0 radical (unpaired) electrons. The van der Waals surface area contributed by atoms with Gasteiger partial charge < -0.3 is 9.72 Å². The lowest BCUT2D eigenvalue weighted by molar-refractivity contribution is -0.173. The average Bonchev–Trinajstić information content (AvgIpc) is 2.66. The Kier molecular flexibility index (Phi) is 3.80. The third-order valence-corrected chi connectivity index (χ3v) is 2.90. The van der Waals surface area contributed by atoms with Crippen molar-refractivity contribution in [3.05, 3.63) is 29.1 Å². The summed E-state index contributed by atoms with van der Waals surface area (Å²) >= 11 is 0. The summed E-state index contributed by atoms with van der Waals surface area (Å²) in [7, 11) is 0. The highest BCUT2D eigenvalue weighted by Gasteiger charge is 2.27. The first-order chi connectivity index (χ1) is 8.85. The number of nitrogens with one attached hydrogen (secondary N) is 1. The minimum absolute atomic E-state index is 0.00268. The number of aromatic nitrogens is 2. The Morgan fingerprint density at radius 2 is 1.89 bits per heavy atom. The number of rotatable bonds is 4. The molecule has 0 atom stereocenters. The molecular weight excluding hydrogens is 257 g/mol. The molecule has 1 aromatic carbocycles. The van der Waals surface area contributed by atoms with Gasteiger partial charge in [0.1, 0.15) is 12.4 Å². The van der Waals surface area contributed by atoms with Crippen LogP contribution in [0.5, 0.6) is 0 Å². The summed E-state index contributed by atoms with van der Waals surface area (Å²) in [6.07, 6.45) is -3.94. The quantitative estimate of drug-likeness (QED) is 0.867. The van der Waals surface area contributed by atoms with Crippen LogP contribution in [-0.2, 0) is 11.2 Å². The number of benzene rings is 1. The van der Waals surface area contributed by atoms with Gasteiger partial charge in [0.15, 0.2) is 0 Å². The Hall–Kier alpha value is -1.56. The number of aryl methyl sites for hydroxylation is 2. The number of alkyl halides is 3. The second-order valence-corrected chi connectivity index (χ2v) is 4.55. The van der Waals surface area contributed by atoms with E-state index in [0.29, 0.717) is 12.2 Å².